The fraction of sp³-hybridized carbons (Fsp3) is 0.304. The van der Waals surface area contributed by atoms with Gasteiger partial charge in [-0.25, -0.2) is 0 Å². The highest BCUT2D eigenvalue weighted by Crippen LogP contribution is 2.31. The first kappa shape index (κ1) is 24.6. The molecule has 10 heteroatoms. The zero-order valence-electron chi connectivity index (χ0n) is 18.7. The SMILES string of the molecule is COc1ccc(C(C)(C)C)cc1NC(=O)COC(=O)CSc1nnc(-c2ccc(Cl)cc2)o1. The predicted molar refractivity (Wildman–Crippen MR) is 127 cm³/mol. The molecule has 0 unspecified atom stereocenters. The summed E-state index contributed by atoms with van der Waals surface area (Å²) < 4.78 is 15.9. The van der Waals surface area contributed by atoms with Gasteiger partial charge in [-0.3, -0.25) is 9.59 Å². The maximum atomic E-state index is 12.3. The van der Waals surface area contributed by atoms with Crippen molar-refractivity contribution in [1.82, 2.24) is 10.2 Å². The summed E-state index contributed by atoms with van der Waals surface area (Å²) >= 11 is 6.89. The summed E-state index contributed by atoms with van der Waals surface area (Å²) in [5.41, 5.74) is 2.16. The lowest BCUT2D eigenvalue weighted by Gasteiger charge is -2.21. The molecule has 33 heavy (non-hydrogen) atoms. The van der Waals surface area contributed by atoms with Crippen LogP contribution in [0.2, 0.25) is 5.02 Å². The zero-order valence-corrected chi connectivity index (χ0v) is 20.2. The van der Waals surface area contributed by atoms with Crippen LogP contribution in [0, 0.1) is 0 Å². The topological polar surface area (TPSA) is 104 Å². The van der Waals surface area contributed by atoms with Crippen molar-refractivity contribution >= 4 is 40.9 Å². The largest absolute Gasteiger partial charge is 0.495 e. The second kappa shape index (κ2) is 10.7. The Morgan fingerprint density at radius 1 is 1.12 bits per heavy atom. The van der Waals surface area contributed by atoms with E-state index in [0.717, 1.165) is 17.3 Å². The van der Waals surface area contributed by atoms with Gasteiger partial charge in [-0.1, -0.05) is 50.2 Å². The van der Waals surface area contributed by atoms with Gasteiger partial charge in [0, 0.05) is 10.6 Å². The minimum atomic E-state index is -0.586. The number of anilines is 1. The molecule has 0 bridgehead atoms. The Labute approximate surface area is 201 Å². The van der Waals surface area contributed by atoms with Gasteiger partial charge >= 0.3 is 5.97 Å². The summed E-state index contributed by atoms with van der Waals surface area (Å²) in [5.74, 6) is -0.310. The van der Waals surface area contributed by atoms with Gasteiger partial charge in [0.25, 0.3) is 11.1 Å². The number of nitrogens with zero attached hydrogens (tertiary/aromatic N) is 2. The number of rotatable bonds is 8. The fourth-order valence-corrected chi connectivity index (χ4v) is 3.43. The van der Waals surface area contributed by atoms with E-state index in [4.69, 9.17) is 25.5 Å². The van der Waals surface area contributed by atoms with Gasteiger partial charge in [-0.2, -0.15) is 0 Å². The Hall–Kier alpha value is -3.04. The molecule has 3 aromatic rings. The van der Waals surface area contributed by atoms with Crippen LogP contribution in [0.25, 0.3) is 11.5 Å². The molecule has 0 atom stereocenters. The molecule has 1 amide bonds. The molecule has 0 aliphatic heterocycles. The third-order valence-corrected chi connectivity index (χ3v) is 5.56. The lowest BCUT2D eigenvalue weighted by atomic mass is 9.87. The Kier molecular flexibility index (Phi) is 7.99. The van der Waals surface area contributed by atoms with E-state index in [-0.39, 0.29) is 16.4 Å². The number of benzene rings is 2. The second-order valence-corrected chi connectivity index (χ2v) is 9.41. The summed E-state index contributed by atoms with van der Waals surface area (Å²) in [7, 11) is 1.52. The number of carbonyl (C=O) groups excluding carboxylic acids is 2. The number of thioether (sulfide) groups is 1. The van der Waals surface area contributed by atoms with E-state index in [2.05, 4.69) is 36.3 Å². The van der Waals surface area contributed by atoms with E-state index in [0.29, 0.717) is 27.9 Å². The molecule has 0 fully saturated rings. The van der Waals surface area contributed by atoms with Crippen molar-refractivity contribution in [3.05, 3.63) is 53.1 Å². The summed E-state index contributed by atoms with van der Waals surface area (Å²) in [4.78, 5) is 24.3. The van der Waals surface area contributed by atoms with E-state index in [1.165, 1.54) is 7.11 Å². The van der Waals surface area contributed by atoms with Crippen LogP contribution < -0.4 is 10.1 Å². The number of methoxy groups -OCH3 is 1. The summed E-state index contributed by atoms with van der Waals surface area (Å²) in [6.07, 6.45) is 0. The first-order valence-electron chi connectivity index (χ1n) is 10.0. The molecule has 0 radical (unpaired) electrons. The Morgan fingerprint density at radius 2 is 1.85 bits per heavy atom. The third kappa shape index (κ3) is 6.97. The number of hydrogen-bond donors (Lipinski definition) is 1. The van der Waals surface area contributed by atoms with Crippen LogP contribution >= 0.6 is 23.4 Å². The molecule has 1 N–H and O–H groups in total. The van der Waals surface area contributed by atoms with E-state index in [1.54, 1.807) is 30.3 Å². The van der Waals surface area contributed by atoms with Crippen molar-refractivity contribution in [2.45, 2.75) is 31.4 Å². The highest BCUT2D eigenvalue weighted by Gasteiger charge is 2.18. The minimum Gasteiger partial charge on any atom is -0.495 e. The van der Waals surface area contributed by atoms with Crippen LogP contribution in [0.15, 0.2) is 52.1 Å². The van der Waals surface area contributed by atoms with Gasteiger partial charge in [0.2, 0.25) is 5.89 Å². The number of halogens is 1. The average Bonchev–Trinajstić information content (AvgIpc) is 3.25. The number of aromatic nitrogens is 2. The molecule has 1 heterocycles. The maximum absolute atomic E-state index is 12.3. The molecule has 0 saturated heterocycles. The van der Waals surface area contributed by atoms with E-state index < -0.39 is 18.5 Å². The summed E-state index contributed by atoms with van der Waals surface area (Å²) in [6.45, 7) is 5.78. The average molecular weight is 490 g/mol. The van der Waals surface area contributed by atoms with Crippen molar-refractivity contribution in [3.8, 4) is 17.2 Å². The number of nitrogens with one attached hydrogen (secondary N) is 1. The van der Waals surface area contributed by atoms with E-state index in [9.17, 15) is 9.59 Å². The van der Waals surface area contributed by atoms with Gasteiger partial charge in [0.1, 0.15) is 11.5 Å². The van der Waals surface area contributed by atoms with Crippen molar-refractivity contribution in [1.29, 1.82) is 0 Å². The van der Waals surface area contributed by atoms with Crippen molar-refractivity contribution < 1.29 is 23.5 Å². The summed E-state index contributed by atoms with van der Waals surface area (Å²) in [6, 6.07) is 12.5. The van der Waals surface area contributed by atoms with Crippen LogP contribution in [0.3, 0.4) is 0 Å². The van der Waals surface area contributed by atoms with Gasteiger partial charge in [0.15, 0.2) is 6.61 Å². The Balaban J connectivity index is 1.49. The van der Waals surface area contributed by atoms with Crippen molar-refractivity contribution in [2.24, 2.45) is 0 Å². The lowest BCUT2D eigenvalue weighted by Crippen LogP contribution is -2.22. The van der Waals surface area contributed by atoms with E-state index in [1.807, 2.05) is 12.1 Å². The first-order valence-corrected chi connectivity index (χ1v) is 11.4. The molecule has 0 spiro atoms. The molecule has 8 nitrogen and oxygen atoms in total. The molecule has 1 aromatic heterocycles. The van der Waals surface area contributed by atoms with Crippen LogP contribution in [-0.2, 0) is 19.7 Å². The molecule has 174 valence electrons. The molecule has 0 aliphatic rings. The first-order chi connectivity index (χ1) is 15.7. The fourth-order valence-electron chi connectivity index (χ4n) is 2.74. The number of amides is 1. The van der Waals surface area contributed by atoms with Crippen LogP contribution in [0.1, 0.15) is 26.3 Å². The highest BCUT2D eigenvalue weighted by atomic mass is 35.5. The standard InChI is InChI=1S/C23H24ClN3O5S/c1-23(2,3)15-7-10-18(30-4)17(11-15)25-19(28)12-31-20(29)13-33-22-27-26-21(32-22)14-5-8-16(24)9-6-14/h5-11H,12-13H2,1-4H3,(H,25,28). The van der Waals surface area contributed by atoms with Gasteiger partial charge in [-0.15, -0.1) is 10.2 Å². The normalized spacial score (nSPS) is 11.2. The number of carbonyl (C=O) groups is 2. The van der Waals surface area contributed by atoms with Crippen LogP contribution in [0.5, 0.6) is 5.75 Å². The molecule has 3 rings (SSSR count). The van der Waals surface area contributed by atoms with E-state index >= 15 is 0 Å². The lowest BCUT2D eigenvalue weighted by molar-refractivity contribution is -0.144. The summed E-state index contributed by atoms with van der Waals surface area (Å²) in [5, 5.41) is 11.4. The minimum absolute atomic E-state index is 0.0850. The monoisotopic (exact) mass is 489 g/mol. The van der Waals surface area contributed by atoms with Gasteiger partial charge in [-0.05, 0) is 47.4 Å². The second-order valence-electron chi connectivity index (χ2n) is 8.04. The Morgan fingerprint density at radius 3 is 2.52 bits per heavy atom. The predicted octanol–water partition coefficient (Wildman–Crippen LogP) is 4.97. The number of esters is 1. The van der Waals surface area contributed by atoms with Gasteiger partial charge in [0.05, 0.1) is 12.8 Å². The highest BCUT2D eigenvalue weighted by molar-refractivity contribution is 7.99. The Bertz CT molecular complexity index is 1130. The molecular weight excluding hydrogens is 466 g/mol. The molecule has 0 aliphatic carbocycles. The van der Waals surface area contributed by atoms with Crippen LogP contribution in [0.4, 0.5) is 5.69 Å². The zero-order chi connectivity index (χ0) is 24.0. The quantitative estimate of drug-likeness (QED) is 0.349. The number of hydrogen-bond acceptors (Lipinski definition) is 8. The van der Waals surface area contributed by atoms with Crippen molar-refractivity contribution in [3.63, 3.8) is 0 Å². The maximum Gasteiger partial charge on any atom is 0.316 e. The molecule has 2 aromatic carbocycles. The molecule has 0 saturated carbocycles. The van der Waals surface area contributed by atoms with Crippen molar-refractivity contribution in [2.75, 3.05) is 24.8 Å². The van der Waals surface area contributed by atoms with Crippen LogP contribution in [-0.4, -0.2) is 41.5 Å². The van der Waals surface area contributed by atoms with Gasteiger partial charge < -0.3 is 19.2 Å². The smallest absolute Gasteiger partial charge is 0.316 e. The third-order valence-electron chi connectivity index (χ3n) is 4.51. The number of ether oxygens (including phenoxy) is 2. The molecular formula is C23H24ClN3O5S.